The molecule has 3 rings (SSSR count). The highest BCUT2D eigenvalue weighted by Gasteiger charge is 2.32. The number of aryl methyl sites for hydroxylation is 1. The second kappa shape index (κ2) is 6.94. The van der Waals surface area contributed by atoms with Crippen molar-refractivity contribution < 1.29 is 0 Å². The van der Waals surface area contributed by atoms with E-state index < -0.39 is 0 Å². The van der Waals surface area contributed by atoms with Crippen molar-refractivity contribution in [2.24, 2.45) is 10.9 Å². The van der Waals surface area contributed by atoms with Crippen molar-refractivity contribution in [2.75, 3.05) is 7.05 Å². The van der Waals surface area contributed by atoms with Gasteiger partial charge in [-0.3, -0.25) is 0 Å². The lowest BCUT2D eigenvalue weighted by Gasteiger charge is -2.30. The van der Waals surface area contributed by atoms with Crippen molar-refractivity contribution in [3.63, 3.8) is 0 Å². The number of halogens is 1. The molecule has 0 spiro atoms. The Hall–Kier alpha value is -0.850. The van der Waals surface area contributed by atoms with Gasteiger partial charge in [0.25, 0.3) is 0 Å². The minimum atomic E-state index is -0.0117. The Kier molecular flexibility index (Phi) is 5.46. The average molecular weight is 323 g/mol. The Labute approximate surface area is 135 Å². The molecule has 21 heavy (non-hydrogen) atoms. The first kappa shape index (κ1) is 16.5. The van der Waals surface area contributed by atoms with E-state index in [-0.39, 0.29) is 6.17 Å². The van der Waals surface area contributed by atoms with E-state index in [4.69, 9.17) is 16.6 Å². The van der Waals surface area contributed by atoms with Gasteiger partial charge in [-0.15, -0.1) is 9.24 Å². The van der Waals surface area contributed by atoms with Gasteiger partial charge in [-0.05, 0) is 31.0 Å². The van der Waals surface area contributed by atoms with E-state index in [1.807, 2.05) is 13.8 Å². The lowest BCUT2D eigenvalue weighted by Crippen LogP contribution is -2.27. The van der Waals surface area contributed by atoms with E-state index in [1.54, 1.807) is 0 Å². The Morgan fingerprint density at radius 2 is 1.95 bits per heavy atom. The molecule has 1 saturated carbocycles. The molecule has 2 unspecified atom stereocenters. The molecular formula is C17H24ClN2P. The van der Waals surface area contributed by atoms with Crippen LogP contribution in [0.3, 0.4) is 0 Å². The van der Waals surface area contributed by atoms with Crippen molar-refractivity contribution >= 4 is 31.3 Å². The fraction of sp³-hybridized carbons (Fsp3) is 0.471. The summed E-state index contributed by atoms with van der Waals surface area (Å²) in [6.45, 7) is 6.10. The molecular weight excluding hydrogens is 299 g/mol. The summed E-state index contributed by atoms with van der Waals surface area (Å²) >= 11 is 6.37. The molecule has 0 N–H and O–H groups in total. The van der Waals surface area contributed by atoms with Gasteiger partial charge in [0.1, 0.15) is 11.3 Å². The van der Waals surface area contributed by atoms with Crippen LogP contribution in [-0.2, 0) is 0 Å². The van der Waals surface area contributed by atoms with Crippen LogP contribution in [0.5, 0.6) is 0 Å². The molecule has 1 fully saturated rings. The molecule has 1 heterocycles. The molecule has 2 aliphatic rings. The maximum Gasteiger partial charge on any atom is 0.148 e. The summed E-state index contributed by atoms with van der Waals surface area (Å²) in [5.41, 5.74) is 3.66. The standard InChI is InChI=1S/C15H18ClN2P.C2H6/c1-9-3-6-13(19)11(7-9)15-17-14(16)12(8-18(15)2)10-4-5-10;1-2/h3,6-8,10,15H,4-5,19H2,1-2H3;1-2H3. The monoisotopic (exact) mass is 322 g/mol. The van der Waals surface area contributed by atoms with Crippen molar-refractivity contribution in [3.8, 4) is 0 Å². The van der Waals surface area contributed by atoms with Crippen molar-refractivity contribution in [2.45, 2.75) is 39.8 Å². The summed E-state index contributed by atoms with van der Waals surface area (Å²) in [5, 5.41) is 1.87. The number of hydrogen-bond acceptors (Lipinski definition) is 2. The molecule has 0 bridgehead atoms. The van der Waals surface area contributed by atoms with Crippen LogP contribution in [0.2, 0.25) is 0 Å². The van der Waals surface area contributed by atoms with Crippen LogP contribution in [0.1, 0.15) is 44.0 Å². The van der Waals surface area contributed by atoms with Crippen LogP contribution in [0.15, 0.2) is 35.0 Å². The number of aliphatic imine (C=N–C) groups is 1. The summed E-state index contributed by atoms with van der Waals surface area (Å²) in [6.07, 6.45) is 4.65. The number of allylic oxidation sites excluding steroid dienone is 1. The van der Waals surface area contributed by atoms with Gasteiger partial charge in [0.05, 0.1) is 0 Å². The van der Waals surface area contributed by atoms with Crippen LogP contribution in [0, 0.1) is 12.8 Å². The van der Waals surface area contributed by atoms with E-state index in [2.05, 4.69) is 52.5 Å². The maximum atomic E-state index is 6.37. The molecule has 1 aromatic rings. The topological polar surface area (TPSA) is 15.6 Å². The highest BCUT2D eigenvalue weighted by atomic mass is 35.5. The molecule has 0 radical (unpaired) electrons. The number of nitrogens with zero attached hydrogens (tertiary/aromatic N) is 2. The fourth-order valence-electron chi connectivity index (χ4n) is 2.49. The van der Waals surface area contributed by atoms with Gasteiger partial charge < -0.3 is 4.90 Å². The Bertz CT molecular complexity index is 576. The summed E-state index contributed by atoms with van der Waals surface area (Å²) in [5.74, 6) is 0.632. The van der Waals surface area contributed by atoms with Crippen molar-refractivity contribution in [1.29, 1.82) is 0 Å². The molecule has 0 saturated heterocycles. The fourth-order valence-corrected chi connectivity index (χ4v) is 3.12. The maximum absolute atomic E-state index is 6.37. The summed E-state index contributed by atoms with van der Waals surface area (Å²) in [7, 11) is 4.86. The molecule has 1 aromatic carbocycles. The van der Waals surface area contributed by atoms with E-state index in [0.29, 0.717) is 11.1 Å². The van der Waals surface area contributed by atoms with Crippen LogP contribution in [0.25, 0.3) is 0 Å². The minimum Gasteiger partial charge on any atom is -0.355 e. The predicted molar refractivity (Wildman–Crippen MR) is 96.5 cm³/mol. The molecule has 2 atom stereocenters. The molecule has 0 aromatic heterocycles. The Morgan fingerprint density at radius 1 is 1.29 bits per heavy atom. The zero-order valence-corrected chi connectivity index (χ0v) is 15.1. The van der Waals surface area contributed by atoms with Gasteiger partial charge in [0, 0.05) is 24.4 Å². The third kappa shape index (κ3) is 3.67. The van der Waals surface area contributed by atoms with Crippen molar-refractivity contribution in [1.82, 2.24) is 4.90 Å². The van der Waals surface area contributed by atoms with Gasteiger partial charge in [0.15, 0.2) is 0 Å². The summed E-state index contributed by atoms with van der Waals surface area (Å²) in [4.78, 5) is 6.87. The van der Waals surface area contributed by atoms with Crippen LogP contribution in [-0.4, -0.2) is 17.1 Å². The van der Waals surface area contributed by atoms with Gasteiger partial charge in [-0.25, -0.2) is 4.99 Å². The zero-order chi connectivity index (χ0) is 15.6. The molecule has 4 heteroatoms. The van der Waals surface area contributed by atoms with Gasteiger partial charge in [-0.1, -0.05) is 49.2 Å². The smallest absolute Gasteiger partial charge is 0.148 e. The first-order valence-corrected chi connectivity index (χ1v) is 8.55. The molecule has 1 aliphatic carbocycles. The SMILES string of the molecule is CC.Cc1ccc(P)c(C2N=C(Cl)C(C3CC3)=CN2C)c1. The third-order valence-electron chi connectivity index (χ3n) is 3.74. The Morgan fingerprint density at radius 3 is 2.57 bits per heavy atom. The number of rotatable bonds is 2. The van der Waals surface area contributed by atoms with Crippen molar-refractivity contribution in [3.05, 3.63) is 41.1 Å². The van der Waals surface area contributed by atoms with E-state index in [9.17, 15) is 0 Å². The molecule has 114 valence electrons. The normalized spacial score (nSPS) is 21.2. The quantitative estimate of drug-likeness (QED) is 0.737. The van der Waals surface area contributed by atoms with E-state index in [1.165, 1.54) is 34.8 Å². The second-order valence-corrected chi connectivity index (χ2v) is 6.43. The third-order valence-corrected chi connectivity index (χ3v) is 4.58. The van der Waals surface area contributed by atoms with Gasteiger partial charge in [0.2, 0.25) is 0 Å². The lowest BCUT2D eigenvalue weighted by atomic mass is 10.1. The van der Waals surface area contributed by atoms with E-state index >= 15 is 0 Å². The average Bonchev–Trinajstić information content (AvgIpc) is 3.30. The minimum absolute atomic E-state index is 0.0117. The predicted octanol–water partition coefficient (Wildman–Crippen LogP) is 4.40. The van der Waals surface area contributed by atoms with Gasteiger partial charge >= 0.3 is 0 Å². The largest absolute Gasteiger partial charge is 0.355 e. The molecule has 0 amide bonds. The van der Waals surface area contributed by atoms with Crippen LogP contribution >= 0.6 is 20.8 Å². The summed E-state index contributed by atoms with van der Waals surface area (Å²) < 4.78 is 0. The highest BCUT2D eigenvalue weighted by molar-refractivity contribution is 7.27. The first-order chi connectivity index (χ1) is 10.1. The van der Waals surface area contributed by atoms with Crippen LogP contribution in [0.4, 0.5) is 0 Å². The van der Waals surface area contributed by atoms with Crippen LogP contribution < -0.4 is 5.30 Å². The molecule has 1 aliphatic heterocycles. The first-order valence-electron chi connectivity index (χ1n) is 7.59. The molecule has 2 nitrogen and oxygen atoms in total. The number of hydrogen-bond donors (Lipinski definition) is 0. The zero-order valence-electron chi connectivity index (χ0n) is 13.2. The summed E-state index contributed by atoms with van der Waals surface area (Å²) in [6, 6.07) is 6.42. The highest BCUT2D eigenvalue weighted by Crippen LogP contribution is 2.41. The Balaban J connectivity index is 0.000000774. The van der Waals surface area contributed by atoms with E-state index in [0.717, 1.165) is 0 Å². The second-order valence-electron chi connectivity index (χ2n) is 5.45. The lowest BCUT2D eigenvalue weighted by molar-refractivity contribution is 0.341. The number of benzene rings is 1. The van der Waals surface area contributed by atoms with Gasteiger partial charge in [-0.2, -0.15) is 0 Å².